The van der Waals surface area contributed by atoms with Crippen LogP contribution in [0, 0.1) is 0 Å². The second kappa shape index (κ2) is 7.57. The van der Waals surface area contributed by atoms with Crippen LogP contribution in [0.15, 0.2) is 0 Å². The van der Waals surface area contributed by atoms with Gasteiger partial charge in [0.1, 0.15) is 0 Å². The summed E-state index contributed by atoms with van der Waals surface area (Å²) in [5, 5.41) is 2.77. The predicted molar refractivity (Wildman–Crippen MR) is 79.8 cm³/mol. The Labute approximate surface area is 118 Å². The Morgan fingerprint density at radius 2 is 2.00 bits per heavy atom. The largest absolute Gasteiger partial charge is 0.313 e. The van der Waals surface area contributed by atoms with Gasteiger partial charge < -0.3 is 5.32 Å². The lowest BCUT2D eigenvalue weighted by Crippen LogP contribution is -2.45. The van der Waals surface area contributed by atoms with Crippen molar-refractivity contribution in [3.8, 4) is 0 Å². The zero-order valence-corrected chi connectivity index (χ0v) is 13.5. The molecule has 0 bridgehead atoms. The molecule has 1 fully saturated rings. The fourth-order valence-electron chi connectivity index (χ4n) is 2.41. The Kier molecular flexibility index (Phi) is 6.73. The Morgan fingerprint density at radius 3 is 2.58 bits per heavy atom. The fourth-order valence-corrected chi connectivity index (χ4v) is 3.43. The normalized spacial score (nSPS) is 23.1. The topological polar surface area (TPSA) is 61.4 Å². The Morgan fingerprint density at radius 1 is 1.32 bits per heavy atom. The van der Waals surface area contributed by atoms with E-state index in [1.54, 1.807) is 6.92 Å². The summed E-state index contributed by atoms with van der Waals surface area (Å²) in [4.78, 5) is 2.35. The fraction of sp³-hybridized carbons (Fsp3) is 1.00. The number of sulfonamides is 1. The lowest BCUT2D eigenvalue weighted by Gasteiger charge is -2.24. The molecule has 2 N–H and O–H groups in total. The minimum atomic E-state index is -3.21. The van der Waals surface area contributed by atoms with Crippen molar-refractivity contribution in [2.75, 3.05) is 26.2 Å². The van der Waals surface area contributed by atoms with Crippen molar-refractivity contribution >= 4 is 10.0 Å². The van der Waals surface area contributed by atoms with E-state index in [0.29, 0.717) is 25.2 Å². The van der Waals surface area contributed by atoms with Gasteiger partial charge in [-0.2, -0.15) is 0 Å². The molecule has 0 aliphatic carbocycles. The van der Waals surface area contributed by atoms with Crippen molar-refractivity contribution in [2.45, 2.75) is 57.9 Å². The minimum Gasteiger partial charge on any atom is -0.313 e. The van der Waals surface area contributed by atoms with Crippen LogP contribution in [-0.2, 0) is 10.0 Å². The van der Waals surface area contributed by atoms with E-state index in [1.807, 2.05) is 13.8 Å². The number of rotatable bonds is 8. The molecule has 5 nitrogen and oxygen atoms in total. The third-order valence-corrected chi connectivity index (χ3v) is 5.56. The predicted octanol–water partition coefficient (Wildman–Crippen LogP) is 0.777. The second-order valence-electron chi connectivity index (χ2n) is 5.69. The van der Waals surface area contributed by atoms with Crippen LogP contribution in [0.5, 0.6) is 0 Å². The Hall–Kier alpha value is -0.170. The molecule has 0 saturated carbocycles. The van der Waals surface area contributed by atoms with Crippen LogP contribution in [0.1, 0.15) is 40.5 Å². The van der Waals surface area contributed by atoms with Gasteiger partial charge in [0.05, 0.1) is 5.25 Å². The van der Waals surface area contributed by atoms with Crippen molar-refractivity contribution in [3.63, 3.8) is 0 Å². The molecule has 0 amide bonds. The molecule has 2 atom stereocenters. The highest BCUT2D eigenvalue weighted by Crippen LogP contribution is 2.16. The van der Waals surface area contributed by atoms with E-state index in [1.165, 1.54) is 6.42 Å². The first-order chi connectivity index (χ1) is 8.86. The molecule has 114 valence electrons. The summed E-state index contributed by atoms with van der Waals surface area (Å²) in [7, 11) is -3.21. The minimum absolute atomic E-state index is 0.308. The number of nitrogens with one attached hydrogen (secondary N) is 2. The summed E-state index contributed by atoms with van der Waals surface area (Å²) in [6.45, 7) is 11.0. The van der Waals surface area contributed by atoms with Crippen LogP contribution >= 0.6 is 0 Å². The third-order valence-electron chi connectivity index (χ3n) is 3.77. The van der Waals surface area contributed by atoms with Crippen LogP contribution < -0.4 is 10.0 Å². The second-order valence-corrected chi connectivity index (χ2v) is 7.88. The maximum atomic E-state index is 12.1. The highest BCUT2D eigenvalue weighted by atomic mass is 32.2. The molecule has 0 aromatic carbocycles. The van der Waals surface area contributed by atoms with E-state index in [-0.39, 0.29) is 0 Å². The van der Waals surface area contributed by atoms with Crippen molar-refractivity contribution in [3.05, 3.63) is 0 Å². The molecule has 2 unspecified atom stereocenters. The summed E-state index contributed by atoms with van der Waals surface area (Å²) in [6, 6.07) is 0.674. The summed E-state index contributed by atoms with van der Waals surface area (Å²) >= 11 is 0. The first kappa shape index (κ1) is 16.9. The van der Waals surface area contributed by atoms with Gasteiger partial charge in [-0.05, 0) is 32.9 Å². The molecular weight excluding hydrogens is 262 g/mol. The smallest absolute Gasteiger partial charge is 0.215 e. The van der Waals surface area contributed by atoms with Gasteiger partial charge >= 0.3 is 0 Å². The average Bonchev–Trinajstić information content (AvgIpc) is 2.80. The van der Waals surface area contributed by atoms with Gasteiger partial charge in [0, 0.05) is 25.2 Å². The van der Waals surface area contributed by atoms with Gasteiger partial charge in [-0.15, -0.1) is 0 Å². The molecule has 0 radical (unpaired) electrons. The van der Waals surface area contributed by atoms with Crippen LogP contribution in [0.4, 0.5) is 0 Å². The van der Waals surface area contributed by atoms with Crippen molar-refractivity contribution in [1.29, 1.82) is 0 Å². The molecule has 6 heteroatoms. The Balaban J connectivity index is 2.41. The van der Waals surface area contributed by atoms with E-state index in [4.69, 9.17) is 0 Å². The Bertz CT molecular complexity index is 357. The highest BCUT2D eigenvalue weighted by Gasteiger charge is 2.26. The van der Waals surface area contributed by atoms with Crippen LogP contribution in [0.25, 0.3) is 0 Å². The zero-order chi connectivity index (χ0) is 14.5. The molecule has 1 rings (SSSR count). The summed E-state index contributed by atoms with van der Waals surface area (Å²) in [5.41, 5.74) is 0. The lowest BCUT2D eigenvalue weighted by molar-refractivity contribution is 0.268. The van der Waals surface area contributed by atoms with E-state index < -0.39 is 15.3 Å². The SMILES string of the molecule is CCN1CCCC1CNS(=O)(=O)C(C)CNC(C)C. The molecular formula is C13H29N3O2S. The molecule has 1 aliphatic heterocycles. The lowest BCUT2D eigenvalue weighted by atomic mass is 10.2. The summed E-state index contributed by atoms with van der Waals surface area (Å²) in [5.74, 6) is 0. The highest BCUT2D eigenvalue weighted by molar-refractivity contribution is 7.90. The van der Waals surface area contributed by atoms with E-state index >= 15 is 0 Å². The molecule has 19 heavy (non-hydrogen) atoms. The molecule has 0 aromatic heterocycles. The van der Waals surface area contributed by atoms with Gasteiger partial charge in [-0.3, -0.25) is 4.90 Å². The number of nitrogens with zero attached hydrogens (tertiary/aromatic N) is 1. The van der Waals surface area contributed by atoms with E-state index in [0.717, 1.165) is 19.5 Å². The summed E-state index contributed by atoms with van der Waals surface area (Å²) in [6.07, 6.45) is 2.26. The third kappa shape index (κ3) is 5.38. The van der Waals surface area contributed by atoms with Crippen molar-refractivity contribution in [2.24, 2.45) is 0 Å². The number of likely N-dealkylation sites (N-methyl/N-ethyl adjacent to an activating group) is 1. The molecule has 0 spiro atoms. The first-order valence-electron chi connectivity index (χ1n) is 7.32. The standard InChI is InChI=1S/C13H29N3O2S/c1-5-16-8-6-7-13(16)10-15-19(17,18)12(4)9-14-11(2)3/h11-15H,5-10H2,1-4H3. The molecule has 1 heterocycles. The first-order valence-corrected chi connectivity index (χ1v) is 8.87. The van der Waals surface area contributed by atoms with Gasteiger partial charge in [0.15, 0.2) is 0 Å². The monoisotopic (exact) mass is 291 g/mol. The van der Waals surface area contributed by atoms with Gasteiger partial charge in [-0.25, -0.2) is 13.1 Å². The van der Waals surface area contributed by atoms with E-state index in [2.05, 4.69) is 21.9 Å². The maximum absolute atomic E-state index is 12.1. The van der Waals surface area contributed by atoms with Crippen LogP contribution in [-0.4, -0.2) is 56.8 Å². The van der Waals surface area contributed by atoms with Gasteiger partial charge in [-0.1, -0.05) is 20.8 Å². The van der Waals surface area contributed by atoms with Gasteiger partial charge in [0.25, 0.3) is 0 Å². The quantitative estimate of drug-likeness (QED) is 0.694. The molecule has 1 saturated heterocycles. The molecule has 0 aromatic rings. The van der Waals surface area contributed by atoms with Crippen molar-refractivity contribution < 1.29 is 8.42 Å². The zero-order valence-electron chi connectivity index (χ0n) is 12.6. The number of likely N-dealkylation sites (tertiary alicyclic amines) is 1. The van der Waals surface area contributed by atoms with Crippen LogP contribution in [0.2, 0.25) is 0 Å². The van der Waals surface area contributed by atoms with Crippen LogP contribution in [0.3, 0.4) is 0 Å². The average molecular weight is 291 g/mol. The van der Waals surface area contributed by atoms with Gasteiger partial charge in [0.2, 0.25) is 10.0 Å². The number of hydrogen-bond donors (Lipinski definition) is 2. The maximum Gasteiger partial charge on any atom is 0.215 e. The molecule has 1 aliphatic rings. The van der Waals surface area contributed by atoms with E-state index in [9.17, 15) is 8.42 Å². The van der Waals surface area contributed by atoms with Crippen molar-refractivity contribution in [1.82, 2.24) is 14.9 Å². The number of hydrogen-bond acceptors (Lipinski definition) is 4. The summed E-state index contributed by atoms with van der Waals surface area (Å²) < 4.78 is 27.0.